The molecular weight excluding hydrogens is 224 g/mol. The number of nitrogens with zero attached hydrogens (tertiary/aromatic N) is 1. The Morgan fingerprint density at radius 2 is 2.29 bits per heavy atom. The molecule has 0 unspecified atom stereocenters. The topological polar surface area (TPSA) is 49.4 Å². The number of hydrogen-bond donors (Lipinski definition) is 1. The second-order valence-corrected chi connectivity index (χ2v) is 4.64. The summed E-state index contributed by atoms with van der Waals surface area (Å²) in [5.41, 5.74) is 0. The van der Waals surface area contributed by atoms with Crippen LogP contribution in [0.5, 0.6) is 0 Å². The third-order valence-electron chi connectivity index (χ3n) is 1.88. The minimum Gasteiger partial charge on any atom is -0.329 e. The van der Waals surface area contributed by atoms with Gasteiger partial charge in [-0.15, -0.1) is 11.3 Å². The molecule has 14 heavy (non-hydrogen) atoms. The molecular formula is C8H7ClN2O2S. The maximum absolute atomic E-state index is 11.2. The molecule has 1 aliphatic rings. The van der Waals surface area contributed by atoms with Crippen LogP contribution >= 0.6 is 22.9 Å². The third kappa shape index (κ3) is 1.73. The number of nitrogens with one attached hydrogen (secondary N) is 1. The maximum Gasteiger partial charge on any atom is 0.324 e. The molecule has 74 valence electrons. The van der Waals surface area contributed by atoms with Gasteiger partial charge in [-0.1, -0.05) is 11.6 Å². The van der Waals surface area contributed by atoms with Gasteiger partial charge in [-0.05, 0) is 12.1 Å². The summed E-state index contributed by atoms with van der Waals surface area (Å²) >= 11 is 7.10. The van der Waals surface area contributed by atoms with Crippen LogP contribution in [0.1, 0.15) is 4.88 Å². The fraction of sp³-hybridized carbons (Fsp3) is 0.250. The summed E-state index contributed by atoms with van der Waals surface area (Å²) in [5, 5.41) is 2.46. The largest absolute Gasteiger partial charge is 0.329 e. The number of hydrogen-bond acceptors (Lipinski definition) is 3. The first-order valence-corrected chi connectivity index (χ1v) is 5.18. The van der Waals surface area contributed by atoms with Crippen LogP contribution in [0.4, 0.5) is 4.79 Å². The van der Waals surface area contributed by atoms with Gasteiger partial charge in [0.05, 0.1) is 17.4 Å². The molecule has 3 amide bonds. The van der Waals surface area contributed by atoms with E-state index in [4.69, 9.17) is 11.6 Å². The van der Waals surface area contributed by atoms with Crippen molar-refractivity contribution in [2.45, 2.75) is 6.54 Å². The summed E-state index contributed by atoms with van der Waals surface area (Å²) in [6.45, 7) is 0.403. The molecule has 1 aromatic heterocycles. The van der Waals surface area contributed by atoms with E-state index in [9.17, 15) is 9.59 Å². The number of amides is 3. The predicted octanol–water partition coefficient (Wildman–Crippen LogP) is 1.45. The molecule has 1 saturated heterocycles. The van der Waals surface area contributed by atoms with Gasteiger partial charge in [0.15, 0.2) is 0 Å². The van der Waals surface area contributed by atoms with E-state index in [0.29, 0.717) is 10.9 Å². The zero-order chi connectivity index (χ0) is 10.1. The summed E-state index contributed by atoms with van der Waals surface area (Å²) in [5.74, 6) is -0.195. The van der Waals surface area contributed by atoms with Crippen LogP contribution in [0.15, 0.2) is 12.1 Å². The molecule has 1 aromatic rings. The molecule has 0 bridgehead atoms. The highest BCUT2D eigenvalue weighted by atomic mass is 35.5. The second-order valence-electron chi connectivity index (χ2n) is 2.84. The number of urea groups is 1. The summed E-state index contributed by atoms with van der Waals surface area (Å²) in [7, 11) is 0. The molecule has 1 fully saturated rings. The molecule has 0 radical (unpaired) electrons. The summed E-state index contributed by atoms with van der Waals surface area (Å²) in [6.07, 6.45) is 0. The lowest BCUT2D eigenvalue weighted by atomic mass is 10.4. The monoisotopic (exact) mass is 230 g/mol. The number of carbonyl (C=O) groups is 2. The molecule has 0 spiro atoms. The van der Waals surface area contributed by atoms with Gasteiger partial charge in [0.1, 0.15) is 0 Å². The van der Waals surface area contributed by atoms with Gasteiger partial charge >= 0.3 is 6.03 Å². The van der Waals surface area contributed by atoms with Crippen molar-refractivity contribution < 1.29 is 9.59 Å². The zero-order valence-corrected chi connectivity index (χ0v) is 8.69. The highest BCUT2D eigenvalue weighted by molar-refractivity contribution is 7.16. The van der Waals surface area contributed by atoms with Crippen molar-refractivity contribution in [1.29, 1.82) is 0 Å². The molecule has 6 heteroatoms. The molecule has 1 N–H and O–H groups in total. The number of thiophene rings is 1. The van der Waals surface area contributed by atoms with E-state index >= 15 is 0 Å². The molecule has 0 aromatic carbocycles. The third-order valence-corrected chi connectivity index (χ3v) is 3.10. The van der Waals surface area contributed by atoms with Gasteiger partial charge in [0.25, 0.3) is 0 Å². The summed E-state index contributed by atoms with van der Waals surface area (Å²) < 4.78 is 0.659. The van der Waals surface area contributed by atoms with Crippen molar-refractivity contribution >= 4 is 34.9 Å². The van der Waals surface area contributed by atoms with E-state index < -0.39 is 0 Å². The van der Waals surface area contributed by atoms with Crippen molar-refractivity contribution in [1.82, 2.24) is 10.2 Å². The van der Waals surface area contributed by atoms with Gasteiger partial charge in [-0.25, -0.2) is 4.79 Å². The van der Waals surface area contributed by atoms with E-state index in [1.54, 1.807) is 6.07 Å². The van der Waals surface area contributed by atoms with Crippen LogP contribution in [0, 0.1) is 0 Å². The molecule has 2 heterocycles. The van der Waals surface area contributed by atoms with Gasteiger partial charge in [-0.2, -0.15) is 0 Å². The minimum absolute atomic E-state index is 0.0952. The Balaban J connectivity index is 2.10. The van der Waals surface area contributed by atoms with Crippen LogP contribution in [0.25, 0.3) is 0 Å². The molecule has 0 saturated carbocycles. The van der Waals surface area contributed by atoms with Gasteiger partial charge in [0.2, 0.25) is 5.91 Å². The highest BCUT2D eigenvalue weighted by Gasteiger charge is 2.28. The zero-order valence-electron chi connectivity index (χ0n) is 7.12. The lowest BCUT2D eigenvalue weighted by Gasteiger charge is -2.09. The fourth-order valence-corrected chi connectivity index (χ4v) is 2.28. The highest BCUT2D eigenvalue weighted by Crippen LogP contribution is 2.23. The smallest absolute Gasteiger partial charge is 0.324 e. The minimum atomic E-state index is -0.334. The second kappa shape index (κ2) is 3.59. The molecule has 4 nitrogen and oxygen atoms in total. The normalized spacial score (nSPS) is 16.2. The number of rotatable bonds is 2. The Hall–Kier alpha value is -1.07. The first-order chi connectivity index (χ1) is 6.66. The lowest BCUT2D eigenvalue weighted by molar-refractivity contribution is -0.125. The lowest BCUT2D eigenvalue weighted by Crippen LogP contribution is -2.29. The van der Waals surface area contributed by atoms with E-state index in [-0.39, 0.29) is 18.5 Å². The van der Waals surface area contributed by atoms with Crippen molar-refractivity contribution in [3.8, 4) is 0 Å². The number of imide groups is 1. The Morgan fingerprint density at radius 1 is 1.50 bits per heavy atom. The Kier molecular flexibility index (Phi) is 2.43. The van der Waals surface area contributed by atoms with Crippen LogP contribution in [0.3, 0.4) is 0 Å². The van der Waals surface area contributed by atoms with E-state index in [1.807, 2.05) is 6.07 Å². The van der Waals surface area contributed by atoms with Crippen molar-refractivity contribution in [3.63, 3.8) is 0 Å². The van der Waals surface area contributed by atoms with Crippen LogP contribution < -0.4 is 5.32 Å². The predicted molar refractivity (Wildman–Crippen MR) is 53.3 cm³/mol. The Morgan fingerprint density at radius 3 is 2.79 bits per heavy atom. The van der Waals surface area contributed by atoms with E-state index in [0.717, 1.165) is 4.88 Å². The van der Waals surface area contributed by atoms with Crippen LogP contribution in [0.2, 0.25) is 4.34 Å². The fourth-order valence-electron chi connectivity index (χ4n) is 1.21. The summed E-state index contributed by atoms with van der Waals surface area (Å²) in [4.78, 5) is 24.5. The Labute approximate surface area is 89.5 Å². The Bertz CT molecular complexity index is 374. The molecule has 0 aliphatic carbocycles. The number of halogens is 1. The van der Waals surface area contributed by atoms with Crippen molar-refractivity contribution in [3.05, 3.63) is 21.3 Å². The maximum atomic E-state index is 11.2. The van der Waals surface area contributed by atoms with Crippen molar-refractivity contribution in [2.24, 2.45) is 0 Å². The standard InChI is InChI=1S/C8H7ClN2O2S/c9-6-2-1-5(14-6)4-11-7(12)3-10-8(11)13/h1-2H,3-4H2,(H,10,13). The first kappa shape index (κ1) is 9.48. The molecule has 1 aliphatic heterocycles. The van der Waals surface area contributed by atoms with Crippen LogP contribution in [-0.4, -0.2) is 23.4 Å². The van der Waals surface area contributed by atoms with Gasteiger partial charge < -0.3 is 5.32 Å². The average Bonchev–Trinajstić information content (AvgIpc) is 2.67. The molecule has 2 rings (SSSR count). The van der Waals surface area contributed by atoms with E-state index in [2.05, 4.69) is 5.32 Å². The van der Waals surface area contributed by atoms with Crippen molar-refractivity contribution in [2.75, 3.05) is 6.54 Å². The van der Waals surface area contributed by atoms with Crippen LogP contribution in [-0.2, 0) is 11.3 Å². The number of carbonyl (C=O) groups excluding carboxylic acids is 2. The quantitative estimate of drug-likeness (QED) is 0.782. The van der Waals surface area contributed by atoms with Gasteiger partial charge in [-0.3, -0.25) is 9.69 Å². The van der Waals surface area contributed by atoms with E-state index in [1.165, 1.54) is 16.2 Å². The van der Waals surface area contributed by atoms with Gasteiger partial charge in [0, 0.05) is 4.88 Å². The molecule has 0 atom stereocenters. The first-order valence-electron chi connectivity index (χ1n) is 3.99. The SMILES string of the molecule is O=C1CNC(=O)N1Cc1ccc(Cl)s1. The summed E-state index contributed by atoms with van der Waals surface area (Å²) in [6, 6.07) is 3.23. The average molecular weight is 231 g/mol.